The molecule has 0 spiro atoms. The van der Waals surface area contributed by atoms with E-state index < -0.39 is 5.97 Å². The number of carbonyl (C=O) groups is 1. The van der Waals surface area contributed by atoms with Gasteiger partial charge in [-0.15, -0.1) is 0 Å². The largest absolute Gasteiger partial charge is 0.489 e. The second-order valence-corrected chi connectivity index (χ2v) is 9.25. The van der Waals surface area contributed by atoms with Crippen LogP contribution in [0.25, 0.3) is 0 Å². The average molecular weight is 448 g/mol. The van der Waals surface area contributed by atoms with Crippen LogP contribution in [-0.2, 0) is 18.6 Å². The van der Waals surface area contributed by atoms with Gasteiger partial charge in [0.1, 0.15) is 18.2 Å². The third kappa shape index (κ3) is 5.42. The summed E-state index contributed by atoms with van der Waals surface area (Å²) in [4.78, 5) is 13.9. The number of aromatic carboxylic acids is 1. The lowest BCUT2D eigenvalue weighted by atomic mass is 9.68. The van der Waals surface area contributed by atoms with Gasteiger partial charge < -0.3 is 9.84 Å². The van der Waals surface area contributed by atoms with Gasteiger partial charge in [-0.1, -0.05) is 50.2 Å². The lowest BCUT2D eigenvalue weighted by Gasteiger charge is -2.45. The molecule has 1 fully saturated rings. The molecule has 0 aromatic heterocycles. The summed E-state index contributed by atoms with van der Waals surface area (Å²) < 4.78 is 18.8. The molecule has 0 saturated carbocycles. The molecule has 3 aromatic carbocycles. The van der Waals surface area contributed by atoms with Crippen molar-refractivity contribution in [3.63, 3.8) is 0 Å². The van der Waals surface area contributed by atoms with Gasteiger partial charge in [-0.25, -0.2) is 9.18 Å². The van der Waals surface area contributed by atoms with Crippen molar-refractivity contribution in [3.05, 3.63) is 101 Å². The molecule has 4 rings (SSSR count). The topological polar surface area (TPSA) is 49.8 Å². The first-order valence-corrected chi connectivity index (χ1v) is 11.4. The molecule has 1 heterocycles. The smallest absolute Gasteiger partial charge is 0.335 e. The van der Waals surface area contributed by atoms with Gasteiger partial charge in [0.2, 0.25) is 0 Å². The zero-order chi connectivity index (χ0) is 23.4. The fourth-order valence-electron chi connectivity index (χ4n) is 4.59. The first kappa shape index (κ1) is 23.0. The van der Waals surface area contributed by atoms with Crippen LogP contribution in [0.3, 0.4) is 0 Å². The van der Waals surface area contributed by atoms with Crippen molar-refractivity contribution in [1.82, 2.24) is 4.90 Å². The predicted molar refractivity (Wildman–Crippen MR) is 127 cm³/mol. The van der Waals surface area contributed by atoms with Gasteiger partial charge in [0.15, 0.2) is 0 Å². The van der Waals surface area contributed by atoms with Crippen LogP contribution in [0, 0.1) is 11.7 Å². The summed E-state index contributed by atoms with van der Waals surface area (Å²) in [6, 6.07) is 21.9. The lowest BCUT2D eigenvalue weighted by Crippen LogP contribution is -2.47. The van der Waals surface area contributed by atoms with Gasteiger partial charge in [0.25, 0.3) is 0 Å². The number of carboxylic acids is 1. The highest BCUT2D eigenvalue weighted by molar-refractivity contribution is 5.87. The van der Waals surface area contributed by atoms with Crippen molar-refractivity contribution >= 4 is 5.97 Å². The van der Waals surface area contributed by atoms with Gasteiger partial charge in [0, 0.05) is 13.1 Å². The van der Waals surface area contributed by atoms with Crippen molar-refractivity contribution < 1.29 is 19.0 Å². The maximum atomic E-state index is 13.0. The Morgan fingerprint density at radius 1 is 1.09 bits per heavy atom. The normalized spacial score (nSPS) is 21.0. The highest BCUT2D eigenvalue weighted by Crippen LogP contribution is 2.40. The molecule has 1 saturated heterocycles. The molecule has 4 nitrogen and oxygen atoms in total. The number of piperidine rings is 1. The summed E-state index contributed by atoms with van der Waals surface area (Å²) in [5.41, 5.74) is 3.58. The summed E-state index contributed by atoms with van der Waals surface area (Å²) in [5, 5.41) is 9.35. The molecule has 0 unspecified atom stereocenters. The molecule has 0 radical (unpaired) electrons. The maximum absolute atomic E-state index is 13.0. The van der Waals surface area contributed by atoms with E-state index in [1.54, 1.807) is 18.2 Å². The number of carboxylic acid groups (broad SMARTS) is 1. The van der Waals surface area contributed by atoms with Crippen molar-refractivity contribution in [2.75, 3.05) is 13.1 Å². The third-order valence-corrected chi connectivity index (χ3v) is 6.98. The SMILES string of the molecule is C[C@H]1CN(Cc2ccc(OCc3ccc(F)cc3)cc2)CC[C@@]1(C)c1cccc(C(=O)O)c1. The predicted octanol–water partition coefficient (Wildman–Crippen LogP) is 5.90. The van der Waals surface area contributed by atoms with Crippen molar-refractivity contribution in [2.45, 2.75) is 38.8 Å². The number of halogens is 1. The van der Waals surface area contributed by atoms with Gasteiger partial charge in [-0.05, 0) is 77.4 Å². The fraction of sp³-hybridized carbons (Fsp3) is 0.321. The monoisotopic (exact) mass is 447 g/mol. The van der Waals surface area contributed by atoms with E-state index in [4.69, 9.17) is 4.74 Å². The molecular weight excluding hydrogens is 417 g/mol. The first-order valence-electron chi connectivity index (χ1n) is 11.4. The zero-order valence-corrected chi connectivity index (χ0v) is 19.1. The van der Waals surface area contributed by atoms with Crippen LogP contribution in [0.2, 0.25) is 0 Å². The molecule has 0 amide bonds. The van der Waals surface area contributed by atoms with E-state index >= 15 is 0 Å². The standard InChI is InChI=1S/C28H30FNO3/c1-20-17-30(15-14-28(20,2)24-5-3-4-23(16-24)27(31)32)18-21-8-12-26(13-9-21)33-19-22-6-10-25(29)11-7-22/h3-13,16,20H,14-15,17-19H2,1-2H3,(H,31,32)/t20-,28+/m0/s1. The molecule has 0 aliphatic carbocycles. The highest BCUT2D eigenvalue weighted by Gasteiger charge is 2.38. The van der Waals surface area contributed by atoms with Crippen LogP contribution in [0.4, 0.5) is 4.39 Å². The summed E-state index contributed by atoms with van der Waals surface area (Å²) >= 11 is 0. The molecule has 0 bridgehead atoms. The summed E-state index contributed by atoms with van der Waals surface area (Å²) in [7, 11) is 0. The number of nitrogens with zero attached hydrogens (tertiary/aromatic N) is 1. The van der Waals surface area contributed by atoms with Gasteiger partial charge >= 0.3 is 5.97 Å². The van der Waals surface area contributed by atoms with Crippen molar-refractivity contribution in [1.29, 1.82) is 0 Å². The Balaban J connectivity index is 1.34. The average Bonchev–Trinajstić information content (AvgIpc) is 2.82. The minimum Gasteiger partial charge on any atom is -0.489 e. The van der Waals surface area contributed by atoms with Crippen LogP contribution in [0.15, 0.2) is 72.8 Å². The second-order valence-electron chi connectivity index (χ2n) is 9.25. The van der Waals surface area contributed by atoms with Gasteiger partial charge in [-0.2, -0.15) is 0 Å². The number of hydrogen-bond acceptors (Lipinski definition) is 3. The summed E-state index contributed by atoms with van der Waals surface area (Å²) in [6.45, 7) is 7.70. The van der Waals surface area contributed by atoms with E-state index in [-0.39, 0.29) is 11.2 Å². The van der Waals surface area contributed by atoms with E-state index in [0.717, 1.165) is 42.9 Å². The van der Waals surface area contributed by atoms with Crippen LogP contribution in [0.5, 0.6) is 5.75 Å². The Morgan fingerprint density at radius 2 is 1.79 bits per heavy atom. The molecule has 2 atom stereocenters. The number of likely N-dealkylation sites (tertiary alicyclic amines) is 1. The Morgan fingerprint density at radius 3 is 2.45 bits per heavy atom. The first-order chi connectivity index (χ1) is 15.8. The number of rotatable bonds is 7. The minimum atomic E-state index is -0.879. The summed E-state index contributed by atoms with van der Waals surface area (Å²) in [5.74, 6) is 0.0643. The number of ether oxygens (including phenoxy) is 1. The fourth-order valence-corrected chi connectivity index (χ4v) is 4.59. The van der Waals surface area contributed by atoms with Crippen LogP contribution in [0.1, 0.15) is 47.3 Å². The van der Waals surface area contributed by atoms with E-state index in [0.29, 0.717) is 18.1 Å². The molecule has 33 heavy (non-hydrogen) atoms. The Labute approximate surface area is 194 Å². The number of hydrogen-bond donors (Lipinski definition) is 1. The van der Waals surface area contributed by atoms with E-state index in [1.807, 2.05) is 24.3 Å². The number of benzene rings is 3. The molecule has 1 N–H and O–H groups in total. The van der Waals surface area contributed by atoms with Crippen molar-refractivity contribution in [2.24, 2.45) is 5.92 Å². The zero-order valence-electron chi connectivity index (χ0n) is 19.1. The second kappa shape index (κ2) is 9.75. The van der Waals surface area contributed by atoms with E-state index in [1.165, 1.54) is 17.7 Å². The Kier molecular flexibility index (Phi) is 6.80. The molecule has 1 aliphatic heterocycles. The van der Waals surface area contributed by atoms with E-state index in [9.17, 15) is 14.3 Å². The molecule has 1 aliphatic rings. The molecular formula is C28H30FNO3. The van der Waals surface area contributed by atoms with Gasteiger partial charge in [0.05, 0.1) is 5.56 Å². The Hall–Kier alpha value is -3.18. The van der Waals surface area contributed by atoms with Crippen LogP contribution < -0.4 is 4.74 Å². The lowest BCUT2D eigenvalue weighted by molar-refractivity contribution is 0.0696. The van der Waals surface area contributed by atoms with Crippen LogP contribution in [-0.4, -0.2) is 29.1 Å². The minimum absolute atomic E-state index is 0.0417. The molecule has 5 heteroatoms. The summed E-state index contributed by atoms with van der Waals surface area (Å²) in [6.07, 6.45) is 0.982. The maximum Gasteiger partial charge on any atom is 0.335 e. The molecule has 3 aromatic rings. The Bertz CT molecular complexity index is 1100. The highest BCUT2D eigenvalue weighted by atomic mass is 19.1. The van der Waals surface area contributed by atoms with Crippen LogP contribution >= 0.6 is 0 Å². The molecule has 172 valence electrons. The van der Waals surface area contributed by atoms with Gasteiger partial charge in [-0.3, -0.25) is 4.90 Å². The quantitative estimate of drug-likeness (QED) is 0.490. The van der Waals surface area contributed by atoms with Crippen molar-refractivity contribution in [3.8, 4) is 5.75 Å². The van der Waals surface area contributed by atoms with E-state index in [2.05, 4.69) is 36.9 Å². The third-order valence-electron chi connectivity index (χ3n) is 6.98.